The minimum atomic E-state index is -0.544. The van der Waals surface area contributed by atoms with Crippen molar-refractivity contribution in [2.75, 3.05) is 25.3 Å². The average Bonchev–Trinajstić information content (AvgIpc) is 3.01. The number of hydrogen-bond acceptors (Lipinski definition) is 6. The third-order valence-electron chi connectivity index (χ3n) is 4.07. The molecule has 0 bridgehead atoms. The summed E-state index contributed by atoms with van der Waals surface area (Å²) in [5, 5.41) is 1.17. The molecule has 0 spiro atoms. The fraction of sp³-hybridized carbons (Fsp3) is 0.190. The van der Waals surface area contributed by atoms with E-state index in [9.17, 15) is 14.4 Å². The van der Waals surface area contributed by atoms with Crippen LogP contribution in [0.5, 0.6) is 11.5 Å². The molecule has 0 radical (unpaired) electrons. The summed E-state index contributed by atoms with van der Waals surface area (Å²) in [6.45, 7) is 1.59. The van der Waals surface area contributed by atoms with Crippen molar-refractivity contribution >= 4 is 29.5 Å². The Hall–Kier alpha value is -3.81. The zero-order chi connectivity index (χ0) is 20.8. The summed E-state index contributed by atoms with van der Waals surface area (Å²) in [7, 11) is 1.45. The Bertz CT molecular complexity index is 955. The third-order valence-corrected chi connectivity index (χ3v) is 4.07. The second-order valence-corrected chi connectivity index (χ2v) is 5.95. The number of amides is 2. The van der Waals surface area contributed by atoms with Crippen LogP contribution in [0.3, 0.4) is 0 Å². The van der Waals surface area contributed by atoms with Crippen LogP contribution in [-0.4, -0.2) is 38.1 Å². The first-order chi connectivity index (χ1) is 14.0. The molecule has 0 atom stereocenters. The summed E-state index contributed by atoms with van der Waals surface area (Å²) >= 11 is 0. The summed E-state index contributed by atoms with van der Waals surface area (Å²) in [4.78, 5) is 36.8. The molecule has 0 saturated carbocycles. The SMILES string of the molecule is CCOC(=O)COc1c(/C=C2/C(=O)NN(c3ccccc3)C2=O)cccc1OC. The lowest BCUT2D eigenvalue weighted by Gasteiger charge is -2.14. The number of nitrogens with one attached hydrogen (secondary N) is 1. The van der Waals surface area contributed by atoms with Crippen molar-refractivity contribution in [1.29, 1.82) is 0 Å². The van der Waals surface area contributed by atoms with Crippen LogP contribution in [0.25, 0.3) is 6.08 Å². The van der Waals surface area contributed by atoms with Crippen LogP contribution in [0.1, 0.15) is 12.5 Å². The van der Waals surface area contributed by atoms with Gasteiger partial charge in [-0.05, 0) is 31.2 Å². The van der Waals surface area contributed by atoms with Gasteiger partial charge in [-0.1, -0.05) is 30.3 Å². The van der Waals surface area contributed by atoms with Crippen molar-refractivity contribution in [3.05, 3.63) is 59.7 Å². The Labute approximate surface area is 167 Å². The standard InChI is InChI=1S/C21H20N2O6/c1-3-28-18(24)13-29-19-14(8-7-11-17(19)27-2)12-16-20(25)22-23(21(16)26)15-9-5-4-6-10-15/h4-12H,3,13H2,1-2H3,(H,22,25)/b16-12-. The number of ether oxygens (including phenoxy) is 3. The van der Waals surface area contributed by atoms with Crippen molar-refractivity contribution in [2.45, 2.75) is 6.92 Å². The topological polar surface area (TPSA) is 94.2 Å². The Balaban J connectivity index is 1.92. The quantitative estimate of drug-likeness (QED) is 0.438. The molecule has 8 nitrogen and oxygen atoms in total. The molecule has 2 amide bonds. The monoisotopic (exact) mass is 396 g/mol. The lowest BCUT2D eigenvalue weighted by Crippen LogP contribution is -2.35. The van der Waals surface area contributed by atoms with Gasteiger partial charge >= 0.3 is 5.97 Å². The van der Waals surface area contributed by atoms with Gasteiger partial charge in [-0.3, -0.25) is 15.0 Å². The molecule has 0 aliphatic carbocycles. The highest BCUT2D eigenvalue weighted by atomic mass is 16.6. The van der Waals surface area contributed by atoms with Gasteiger partial charge in [0.2, 0.25) is 0 Å². The van der Waals surface area contributed by atoms with Gasteiger partial charge in [-0.15, -0.1) is 0 Å². The number of methoxy groups -OCH3 is 1. The van der Waals surface area contributed by atoms with Gasteiger partial charge in [0.25, 0.3) is 11.8 Å². The number of hydrazine groups is 1. The van der Waals surface area contributed by atoms with E-state index in [0.29, 0.717) is 17.0 Å². The van der Waals surface area contributed by atoms with Gasteiger partial charge in [-0.25, -0.2) is 9.80 Å². The van der Waals surface area contributed by atoms with E-state index in [0.717, 1.165) is 0 Å². The zero-order valence-corrected chi connectivity index (χ0v) is 16.0. The molecule has 8 heteroatoms. The number of para-hydroxylation sites is 2. The van der Waals surface area contributed by atoms with Crippen LogP contribution in [0.2, 0.25) is 0 Å². The zero-order valence-electron chi connectivity index (χ0n) is 16.0. The first-order valence-electron chi connectivity index (χ1n) is 8.92. The van der Waals surface area contributed by atoms with Crippen molar-refractivity contribution < 1.29 is 28.6 Å². The fourth-order valence-electron chi connectivity index (χ4n) is 2.77. The Morgan fingerprint density at radius 3 is 2.55 bits per heavy atom. The third kappa shape index (κ3) is 4.37. The fourth-order valence-corrected chi connectivity index (χ4v) is 2.77. The summed E-state index contributed by atoms with van der Waals surface area (Å²) in [6.07, 6.45) is 1.41. The van der Waals surface area contributed by atoms with Crippen LogP contribution in [0.4, 0.5) is 5.69 Å². The number of hydrogen-bond donors (Lipinski definition) is 1. The van der Waals surface area contributed by atoms with E-state index >= 15 is 0 Å². The maximum absolute atomic E-state index is 12.8. The van der Waals surface area contributed by atoms with E-state index in [1.807, 2.05) is 6.07 Å². The highest BCUT2D eigenvalue weighted by molar-refractivity contribution is 6.31. The average molecular weight is 396 g/mol. The first kappa shape index (κ1) is 19.9. The Morgan fingerprint density at radius 1 is 1.10 bits per heavy atom. The number of carbonyl (C=O) groups excluding carboxylic acids is 3. The largest absolute Gasteiger partial charge is 0.493 e. The van der Waals surface area contributed by atoms with E-state index in [1.54, 1.807) is 49.4 Å². The lowest BCUT2D eigenvalue weighted by molar-refractivity contribution is -0.145. The molecule has 1 aliphatic rings. The lowest BCUT2D eigenvalue weighted by atomic mass is 10.1. The van der Waals surface area contributed by atoms with Gasteiger partial charge in [-0.2, -0.15) is 0 Å². The second-order valence-electron chi connectivity index (χ2n) is 5.95. The van der Waals surface area contributed by atoms with E-state index in [1.165, 1.54) is 18.2 Å². The Kier molecular flexibility index (Phi) is 6.13. The summed E-state index contributed by atoms with van der Waals surface area (Å²) in [5.41, 5.74) is 3.43. The van der Waals surface area contributed by atoms with Crippen LogP contribution >= 0.6 is 0 Å². The molecule has 29 heavy (non-hydrogen) atoms. The van der Waals surface area contributed by atoms with Crippen LogP contribution < -0.4 is 19.9 Å². The number of anilines is 1. The Morgan fingerprint density at radius 2 is 1.86 bits per heavy atom. The van der Waals surface area contributed by atoms with Crippen molar-refractivity contribution in [3.63, 3.8) is 0 Å². The number of benzene rings is 2. The minimum absolute atomic E-state index is 0.0666. The van der Waals surface area contributed by atoms with Gasteiger partial charge in [0.15, 0.2) is 18.1 Å². The number of nitrogens with zero attached hydrogens (tertiary/aromatic N) is 1. The molecule has 1 fully saturated rings. The number of esters is 1. The number of rotatable bonds is 7. The van der Waals surface area contributed by atoms with E-state index < -0.39 is 17.8 Å². The predicted molar refractivity (Wildman–Crippen MR) is 105 cm³/mol. The molecule has 1 N–H and O–H groups in total. The van der Waals surface area contributed by atoms with Crippen LogP contribution in [-0.2, 0) is 19.1 Å². The van der Waals surface area contributed by atoms with Crippen LogP contribution in [0, 0.1) is 0 Å². The summed E-state index contributed by atoms with van der Waals surface area (Å²) < 4.78 is 15.7. The van der Waals surface area contributed by atoms with Gasteiger partial charge < -0.3 is 14.2 Å². The molecule has 2 aromatic carbocycles. The maximum atomic E-state index is 12.8. The maximum Gasteiger partial charge on any atom is 0.344 e. The van der Waals surface area contributed by atoms with Gasteiger partial charge in [0.05, 0.1) is 19.4 Å². The predicted octanol–water partition coefficient (Wildman–Crippen LogP) is 2.10. The van der Waals surface area contributed by atoms with E-state index in [4.69, 9.17) is 14.2 Å². The second kappa shape index (κ2) is 8.92. The van der Waals surface area contributed by atoms with Gasteiger partial charge in [0.1, 0.15) is 5.57 Å². The highest BCUT2D eigenvalue weighted by Crippen LogP contribution is 2.33. The molecule has 1 saturated heterocycles. The number of carbonyl (C=O) groups is 3. The molecule has 1 aliphatic heterocycles. The van der Waals surface area contributed by atoms with E-state index in [2.05, 4.69) is 5.43 Å². The summed E-state index contributed by atoms with van der Waals surface area (Å²) in [6, 6.07) is 13.7. The van der Waals surface area contributed by atoms with Crippen molar-refractivity contribution in [1.82, 2.24) is 5.43 Å². The summed E-state index contributed by atoms with van der Waals surface area (Å²) in [5.74, 6) is -0.996. The molecule has 2 aromatic rings. The molecule has 150 valence electrons. The van der Waals surface area contributed by atoms with Gasteiger partial charge in [0, 0.05) is 5.56 Å². The van der Waals surface area contributed by atoms with Crippen LogP contribution in [0.15, 0.2) is 54.1 Å². The van der Waals surface area contributed by atoms with Crippen molar-refractivity contribution in [2.24, 2.45) is 0 Å². The van der Waals surface area contributed by atoms with Crippen molar-refractivity contribution in [3.8, 4) is 11.5 Å². The molecular formula is C21H20N2O6. The molecular weight excluding hydrogens is 376 g/mol. The minimum Gasteiger partial charge on any atom is -0.493 e. The molecule has 0 aromatic heterocycles. The smallest absolute Gasteiger partial charge is 0.344 e. The first-order valence-corrected chi connectivity index (χ1v) is 8.92. The van der Waals surface area contributed by atoms with E-state index in [-0.39, 0.29) is 24.5 Å². The molecule has 1 heterocycles. The normalized spacial score (nSPS) is 14.7. The molecule has 3 rings (SSSR count). The molecule has 0 unspecified atom stereocenters. The highest BCUT2D eigenvalue weighted by Gasteiger charge is 2.34.